The zero-order chi connectivity index (χ0) is 20.1. The highest BCUT2D eigenvalue weighted by atomic mass is 19.1. The van der Waals surface area contributed by atoms with Gasteiger partial charge in [-0.2, -0.15) is 9.49 Å². The lowest BCUT2D eigenvalue weighted by atomic mass is 10.1. The molecule has 3 aromatic rings. The first-order valence-corrected chi connectivity index (χ1v) is 8.38. The minimum atomic E-state index is -0.594. The summed E-state index contributed by atoms with van der Waals surface area (Å²) in [5.74, 6) is -0.238. The van der Waals surface area contributed by atoms with E-state index in [1.54, 1.807) is 54.3 Å². The number of benzene rings is 1. The number of aliphatic imine (C=N–C) groups is 1. The number of ether oxygens (including phenoxy) is 1. The standard InChI is InChI=1S/C19H19FN6O2/c1-22-17(19(27)24-16-7-9-26(2)25-16)14-10-13(5-6-15(14)21)28-11-12-4-3-8-23-18(12)20/h3-10H,11,21H2,1-2H3,(H,24,25,27). The first-order valence-electron chi connectivity index (χ1n) is 8.38. The summed E-state index contributed by atoms with van der Waals surface area (Å²) in [6, 6.07) is 9.70. The van der Waals surface area contributed by atoms with Crippen molar-refractivity contribution in [1.82, 2.24) is 14.8 Å². The zero-order valence-corrected chi connectivity index (χ0v) is 15.4. The highest BCUT2D eigenvalue weighted by Crippen LogP contribution is 2.22. The second-order valence-electron chi connectivity index (χ2n) is 5.89. The molecule has 0 aliphatic carbocycles. The topological polar surface area (TPSA) is 107 Å². The fourth-order valence-electron chi connectivity index (χ4n) is 2.52. The molecular formula is C19H19FN6O2. The Morgan fingerprint density at radius 3 is 2.86 bits per heavy atom. The average molecular weight is 382 g/mol. The number of aromatic nitrogens is 3. The summed E-state index contributed by atoms with van der Waals surface area (Å²) in [6.07, 6.45) is 3.07. The van der Waals surface area contributed by atoms with Crippen LogP contribution in [0.5, 0.6) is 5.75 Å². The first-order chi connectivity index (χ1) is 13.5. The van der Waals surface area contributed by atoms with E-state index in [0.717, 1.165) is 0 Å². The second-order valence-corrected chi connectivity index (χ2v) is 5.89. The van der Waals surface area contributed by atoms with Crippen LogP contribution in [0.25, 0.3) is 0 Å². The number of amides is 1. The van der Waals surface area contributed by atoms with Gasteiger partial charge in [-0.25, -0.2) is 4.98 Å². The maximum Gasteiger partial charge on any atom is 0.275 e. The minimum absolute atomic E-state index is 0.0121. The number of nitrogens with zero attached hydrogens (tertiary/aromatic N) is 4. The van der Waals surface area contributed by atoms with Gasteiger partial charge in [0.15, 0.2) is 5.82 Å². The SMILES string of the molecule is CN=C(C(=O)Nc1ccn(C)n1)c1cc(OCc2cccnc2F)ccc1N. The van der Waals surface area contributed by atoms with Gasteiger partial charge in [0.25, 0.3) is 5.91 Å². The molecule has 0 bridgehead atoms. The van der Waals surface area contributed by atoms with Crippen molar-refractivity contribution < 1.29 is 13.9 Å². The van der Waals surface area contributed by atoms with Gasteiger partial charge in [-0.1, -0.05) is 0 Å². The van der Waals surface area contributed by atoms with Gasteiger partial charge in [-0.15, -0.1) is 0 Å². The van der Waals surface area contributed by atoms with Crippen LogP contribution in [-0.2, 0) is 18.4 Å². The lowest BCUT2D eigenvalue weighted by molar-refractivity contribution is -0.110. The van der Waals surface area contributed by atoms with Crippen LogP contribution in [-0.4, -0.2) is 33.4 Å². The number of anilines is 2. The number of halogens is 1. The van der Waals surface area contributed by atoms with E-state index in [4.69, 9.17) is 10.5 Å². The summed E-state index contributed by atoms with van der Waals surface area (Å²) in [5, 5.41) is 6.77. The van der Waals surface area contributed by atoms with E-state index in [2.05, 4.69) is 20.4 Å². The Kier molecular flexibility index (Phi) is 5.64. The monoisotopic (exact) mass is 382 g/mol. The molecule has 0 atom stereocenters. The first kappa shape index (κ1) is 19.0. The molecule has 0 saturated heterocycles. The highest BCUT2D eigenvalue weighted by Gasteiger charge is 2.18. The van der Waals surface area contributed by atoms with E-state index in [1.807, 2.05) is 0 Å². The molecule has 0 radical (unpaired) electrons. The predicted octanol–water partition coefficient (Wildman–Crippen LogP) is 2.17. The van der Waals surface area contributed by atoms with Gasteiger partial charge in [-0.05, 0) is 30.3 Å². The quantitative estimate of drug-likeness (QED) is 0.386. The molecule has 0 aliphatic rings. The Labute approximate surface area is 160 Å². The number of carbonyl (C=O) groups excluding carboxylic acids is 1. The van der Waals surface area contributed by atoms with Gasteiger partial charge in [0.05, 0.1) is 0 Å². The van der Waals surface area contributed by atoms with Crippen LogP contribution >= 0.6 is 0 Å². The third kappa shape index (κ3) is 4.32. The van der Waals surface area contributed by atoms with Gasteiger partial charge >= 0.3 is 0 Å². The number of pyridine rings is 1. The molecule has 28 heavy (non-hydrogen) atoms. The molecule has 144 valence electrons. The normalized spacial score (nSPS) is 11.3. The maximum atomic E-state index is 13.6. The van der Waals surface area contributed by atoms with Crippen molar-refractivity contribution >= 4 is 23.1 Å². The Balaban J connectivity index is 1.79. The van der Waals surface area contributed by atoms with Gasteiger partial charge < -0.3 is 15.8 Å². The summed E-state index contributed by atoms with van der Waals surface area (Å²) in [6.45, 7) is -0.0121. The average Bonchev–Trinajstić information content (AvgIpc) is 3.08. The number of nitrogen functional groups attached to an aromatic ring is 1. The van der Waals surface area contributed by atoms with E-state index in [0.29, 0.717) is 28.4 Å². The molecule has 8 nitrogen and oxygen atoms in total. The zero-order valence-electron chi connectivity index (χ0n) is 15.4. The number of hydrogen-bond acceptors (Lipinski definition) is 6. The van der Waals surface area contributed by atoms with Crippen LogP contribution in [0.1, 0.15) is 11.1 Å². The fraction of sp³-hybridized carbons (Fsp3) is 0.158. The smallest absolute Gasteiger partial charge is 0.275 e. The van der Waals surface area contributed by atoms with E-state index in [-0.39, 0.29) is 12.3 Å². The maximum absolute atomic E-state index is 13.6. The lowest BCUT2D eigenvalue weighted by Gasteiger charge is -2.12. The van der Waals surface area contributed by atoms with Crippen LogP contribution in [0.3, 0.4) is 0 Å². The molecule has 0 unspecified atom stereocenters. The predicted molar refractivity (Wildman–Crippen MR) is 104 cm³/mol. The van der Waals surface area contributed by atoms with Gasteiger partial charge in [-0.3, -0.25) is 14.5 Å². The molecule has 2 heterocycles. The number of carbonyl (C=O) groups is 1. The molecule has 3 rings (SSSR count). The number of rotatable bonds is 6. The number of nitrogens with two attached hydrogens (primary N) is 1. The van der Waals surface area contributed by atoms with Crippen molar-refractivity contribution in [2.24, 2.45) is 12.0 Å². The fourth-order valence-corrected chi connectivity index (χ4v) is 2.52. The minimum Gasteiger partial charge on any atom is -0.489 e. The molecule has 0 spiro atoms. The van der Waals surface area contributed by atoms with E-state index in [1.165, 1.54) is 13.2 Å². The van der Waals surface area contributed by atoms with Crippen molar-refractivity contribution in [2.75, 3.05) is 18.1 Å². The van der Waals surface area contributed by atoms with E-state index < -0.39 is 11.9 Å². The molecular weight excluding hydrogens is 363 g/mol. The Bertz CT molecular complexity index is 1030. The lowest BCUT2D eigenvalue weighted by Crippen LogP contribution is -2.25. The molecule has 0 aliphatic heterocycles. The Morgan fingerprint density at radius 2 is 2.18 bits per heavy atom. The summed E-state index contributed by atoms with van der Waals surface area (Å²) in [4.78, 5) is 20.2. The van der Waals surface area contributed by atoms with Crippen LogP contribution in [0, 0.1) is 5.95 Å². The van der Waals surface area contributed by atoms with E-state index >= 15 is 0 Å². The van der Waals surface area contributed by atoms with Crippen molar-refractivity contribution in [1.29, 1.82) is 0 Å². The van der Waals surface area contributed by atoms with Gasteiger partial charge in [0, 0.05) is 49.4 Å². The van der Waals surface area contributed by atoms with Crippen LogP contribution in [0.4, 0.5) is 15.9 Å². The molecule has 1 aromatic carbocycles. The summed E-state index contributed by atoms with van der Waals surface area (Å²) >= 11 is 0. The second kappa shape index (κ2) is 8.30. The molecule has 9 heteroatoms. The molecule has 0 saturated carbocycles. The van der Waals surface area contributed by atoms with Gasteiger partial charge in [0.1, 0.15) is 18.1 Å². The number of aryl methyl sites for hydroxylation is 1. The highest BCUT2D eigenvalue weighted by molar-refractivity contribution is 6.49. The van der Waals surface area contributed by atoms with Gasteiger partial charge in [0.2, 0.25) is 5.95 Å². The van der Waals surface area contributed by atoms with Crippen LogP contribution < -0.4 is 15.8 Å². The molecule has 3 N–H and O–H groups in total. The Hall–Kier alpha value is -3.75. The molecule has 0 fully saturated rings. The third-order valence-corrected chi connectivity index (χ3v) is 3.90. The van der Waals surface area contributed by atoms with Crippen molar-refractivity contribution in [3.63, 3.8) is 0 Å². The largest absolute Gasteiger partial charge is 0.489 e. The van der Waals surface area contributed by atoms with Crippen molar-refractivity contribution in [2.45, 2.75) is 6.61 Å². The van der Waals surface area contributed by atoms with Crippen LogP contribution in [0.15, 0.2) is 53.8 Å². The van der Waals surface area contributed by atoms with Crippen molar-refractivity contribution in [3.05, 3.63) is 65.9 Å². The Morgan fingerprint density at radius 1 is 1.36 bits per heavy atom. The summed E-state index contributed by atoms with van der Waals surface area (Å²) in [5.41, 5.74) is 7.23. The third-order valence-electron chi connectivity index (χ3n) is 3.90. The van der Waals surface area contributed by atoms with Crippen LogP contribution in [0.2, 0.25) is 0 Å². The number of nitrogens with one attached hydrogen (secondary N) is 1. The molecule has 2 aromatic heterocycles. The summed E-state index contributed by atoms with van der Waals surface area (Å²) < 4.78 is 20.8. The number of hydrogen-bond donors (Lipinski definition) is 2. The van der Waals surface area contributed by atoms with E-state index in [9.17, 15) is 9.18 Å². The summed E-state index contributed by atoms with van der Waals surface area (Å²) in [7, 11) is 3.24. The van der Waals surface area contributed by atoms with Crippen molar-refractivity contribution in [3.8, 4) is 5.75 Å². The molecule has 1 amide bonds.